The largest absolute Gasteiger partial charge is 0.391 e. The van der Waals surface area contributed by atoms with Gasteiger partial charge in [-0.05, 0) is 18.9 Å². The second-order valence-electron chi connectivity index (χ2n) is 4.85. The van der Waals surface area contributed by atoms with E-state index in [0.29, 0.717) is 6.42 Å². The Bertz CT molecular complexity index is 535. The second-order valence-corrected chi connectivity index (χ2v) is 5.26. The summed E-state index contributed by atoms with van der Waals surface area (Å²) in [6.45, 7) is 0. The van der Waals surface area contributed by atoms with Gasteiger partial charge in [0, 0.05) is 12.1 Å². The Morgan fingerprint density at radius 2 is 2.10 bits per heavy atom. The van der Waals surface area contributed by atoms with Crippen LogP contribution in [0.3, 0.4) is 0 Å². The number of nitro groups is 1. The van der Waals surface area contributed by atoms with E-state index in [4.69, 9.17) is 11.6 Å². The highest BCUT2D eigenvalue weighted by Gasteiger charge is 2.25. The molecule has 108 valence electrons. The molecule has 2 rings (SSSR count). The molecule has 0 radical (unpaired) electrons. The Hall–Kier alpha value is -1.66. The van der Waals surface area contributed by atoms with E-state index >= 15 is 0 Å². The van der Waals surface area contributed by atoms with Gasteiger partial charge >= 0.3 is 0 Å². The van der Waals surface area contributed by atoms with Crippen LogP contribution in [0.15, 0.2) is 18.2 Å². The molecule has 20 heavy (non-hydrogen) atoms. The van der Waals surface area contributed by atoms with Crippen LogP contribution in [0.5, 0.6) is 0 Å². The second kappa shape index (κ2) is 6.19. The molecule has 0 saturated heterocycles. The molecular weight excluding hydrogens is 284 g/mol. The van der Waals surface area contributed by atoms with E-state index in [-0.39, 0.29) is 22.3 Å². The topological polar surface area (TPSA) is 92.5 Å². The zero-order valence-electron chi connectivity index (χ0n) is 10.7. The van der Waals surface area contributed by atoms with Gasteiger partial charge in [-0.1, -0.05) is 24.4 Å². The van der Waals surface area contributed by atoms with Gasteiger partial charge < -0.3 is 10.4 Å². The molecule has 0 unspecified atom stereocenters. The van der Waals surface area contributed by atoms with Crippen molar-refractivity contribution in [2.45, 2.75) is 37.8 Å². The molecule has 0 bridgehead atoms. The number of carbonyl (C=O) groups is 1. The maximum Gasteiger partial charge on any atom is 0.270 e. The maximum atomic E-state index is 12.1. The van der Waals surface area contributed by atoms with Crippen LogP contribution in [0.4, 0.5) is 5.69 Å². The maximum absolute atomic E-state index is 12.1. The van der Waals surface area contributed by atoms with Crippen molar-refractivity contribution in [3.8, 4) is 0 Å². The molecule has 1 aliphatic carbocycles. The fourth-order valence-corrected chi connectivity index (χ4v) is 2.59. The van der Waals surface area contributed by atoms with Crippen LogP contribution in [0.1, 0.15) is 36.0 Å². The summed E-state index contributed by atoms with van der Waals surface area (Å²) in [4.78, 5) is 22.1. The lowest BCUT2D eigenvalue weighted by atomic mass is 9.92. The highest BCUT2D eigenvalue weighted by Crippen LogP contribution is 2.24. The lowest BCUT2D eigenvalue weighted by molar-refractivity contribution is -0.384. The number of hydrogen-bond acceptors (Lipinski definition) is 4. The molecule has 7 heteroatoms. The van der Waals surface area contributed by atoms with E-state index in [2.05, 4.69) is 5.32 Å². The van der Waals surface area contributed by atoms with Crippen molar-refractivity contribution >= 4 is 23.2 Å². The van der Waals surface area contributed by atoms with Crippen molar-refractivity contribution in [2.75, 3.05) is 0 Å². The van der Waals surface area contributed by atoms with E-state index in [1.54, 1.807) is 0 Å². The molecule has 0 spiro atoms. The molecule has 1 saturated carbocycles. The summed E-state index contributed by atoms with van der Waals surface area (Å²) in [7, 11) is 0. The summed E-state index contributed by atoms with van der Waals surface area (Å²) >= 11 is 5.89. The predicted molar refractivity (Wildman–Crippen MR) is 73.8 cm³/mol. The van der Waals surface area contributed by atoms with Crippen LogP contribution < -0.4 is 5.32 Å². The van der Waals surface area contributed by atoms with Crippen LogP contribution >= 0.6 is 11.6 Å². The Morgan fingerprint density at radius 3 is 2.70 bits per heavy atom. The SMILES string of the molecule is O=C(N[C@@H]1CCCC[C@H]1O)c1ccc([N+](=O)[O-])cc1Cl. The van der Waals surface area contributed by atoms with Gasteiger partial charge in [0.05, 0.1) is 27.7 Å². The van der Waals surface area contributed by atoms with Gasteiger partial charge in [0.15, 0.2) is 0 Å². The molecule has 2 atom stereocenters. The summed E-state index contributed by atoms with van der Waals surface area (Å²) in [5, 5.41) is 23.2. The molecule has 2 N–H and O–H groups in total. The first-order valence-electron chi connectivity index (χ1n) is 6.42. The number of hydrogen-bond donors (Lipinski definition) is 2. The van der Waals surface area contributed by atoms with Gasteiger partial charge in [-0.2, -0.15) is 0 Å². The standard InChI is InChI=1S/C13H15ClN2O4/c14-10-7-8(16(19)20)5-6-9(10)13(18)15-11-3-1-2-4-12(11)17/h5-7,11-12,17H,1-4H2,(H,15,18)/t11-,12-/m1/s1. The lowest BCUT2D eigenvalue weighted by Gasteiger charge is -2.28. The first-order chi connectivity index (χ1) is 9.49. The summed E-state index contributed by atoms with van der Waals surface area (Å²) in [5.41, 5.74) is 0.0132. The Morgan fingerprint density at radius 1 is 1.40 bits per heavy atom. The minimum Gasteiger partial charge on any atom is -0.391 e. The third kappa shape index (κ3) is 3.26. The first-order valence-corrected chi connectivity index (χ1v) is 6.79. The number of amides is 1. The number of nitrogens with one attached hydrogen (secondary N) is 1. The van der Waals surface area contributed by atoms with Crippen molar-refractivity contribution in [3.63, 3.8) is 0 Å². The number of non-ortho nitro benzene ring substituents is 1. The van der Waals surface area contributed by atoms with Gasteiger partial charge in [-0.15, -0.1) is 0 Å². The fourth-order valence-electron chi connectivity index (χ4n) is 2.33. The van der Waals surface area contributed by atoms with Crippen LogP contribution in [-0.4, -0.2) is 28.1 Å². The van der Waals surface area contributed by atoms with Crippen molar-refractivity contribution in [2.24, 2.45) is 0 Å². The highest BCUT2D eigenvalue weighted by atomic mass is 35.5. The summed E-state index contributed by atoms with van der Waals surface area (Å²) in [5.74, 6) is -0.421. The highest BCUT2D eigenvalue weighted by molar-refractivity contribution is 6.34. The molecule has 1 amide bonds. The summed E-state index contributed by atoms with van der Waals surface area (Å²) < 4.78 is 0. The molecule has 0 aliphatic heterocycles. The Kier molecular flexibility index (Phi) is 4.57. The van der Waals surface area contributed by atoms with Crippen molar-refractivity contribution < 1.29 is 14.8 Å². The van der Waals surface area contributed by atoms with Crippen molar-refractivity contribution in [3.05, 3.63) is 38.9 Å². The third-order valence-electron chi connectivity index (χ3n) is 3.45. The summed E-state index contributed by atoms with van der Waals surface area (Å²) in [6, 6.07) is 3.42. The van der Waals surface area contributed by atoms with E-state index < -0.39 is 16.9 Å². The minimum absolute atomic E-state index is 0.0296. The number of carbonyl (C=O) groups excluding carboxylic acids is 1. The molecule has 1 fully saturated rings. The number of halogens is 1. The lowest BCUT2D eigenvalue weighted by Crippen LogP contribution is -2.45. The third-order valence-corrected chi connectivity index (χ3v) is 3.77. The molecule has 6 nitrogen and oxygen atoms in total. The van der Waals surface area contributed by atoms with Crippen LogP contribution in [0, 0.1) is 10.1 Å². The van der Waals surface area contributed by atoms with E-state index in [9.17, 15) is 20.0 Å². The molecule has 1 aromatic carbocycles. The number of aliphatic hydroxyl groups excluding tert-OH is 1. The molecule has 0 heterocycles. The summed E-state index contributed by atoms with van der Waals surface area (Å²) in [6.07, 6.45) is 2.74. The number of rotatable bonds is 3. The average molecular weight is 299 g/mol. The predicted octanol–water partition coefficient (Wildman–Crippen LogP) is 2.28. The van der Waals surface area contributed by atoms with E-state index in [1.165, 1.54) is 12.1 Å². The van der Waals surface area contributed by atoms with Crippen LogP contribution in [0.25, 0.3) is 0 Å². The normalized spacial score (nSPS) is 22.3. The van der Waals surface area contributed by atoms with E-state index in [1.807, 2.05) is 0 Å². The Balaban J connectivity index is 2.11. The monoisotopic (exact) mass is 298 g/mol. The first kappa shape index (κ1) is 14.7. The molecule has 0 aromatic heterocycles. The average Bonchev–Trinajstić information content (AvgIpc) is 2.41. The zero-order valence-corrected chi connectivity index (χ0v) is 11.5. The van der Waals surface area contributed by atoms with Gasteiger partial charge in [0.25, 0.3) is 11.6 Å². The zero-order chi connectivity index (χ0) is 14.7. The van der Waals surface area contributed by atoms with Crippen LogP contribution in [-0.2, 0) is 0 Å². The minimum atomic E-state index is -0.571. The van der Waals surface area contributed by atoms with Gasteiger partial charge in [-0.3, -0.25) is 14.9 Å². The van der Waals surface area contributed by atoms with Crippen LogP contribution in [0.2, 0.25) is 5.02 Å². The number of nitrogens with zero attached hydrogens (tertiary/aromatic N) is 1. The molecule has 1 aliphatic rings. The fraction of sp³-hybridized carbons (Fsp3) is 0.462. The van der Waals surface area contributed by atoms with Gasteiger partial charge in [0.2, 0.25) is 0 Å². The van der Waals surface area contributed by atoms with Gasteiger partial charge in [0.1, 0.15) is 0 Å². The number of aliphatic hydroxyl groups is 1. The number of nitro benzene ring substituents is 1. The van der Waals surface area contributed by atoms with Gasteiger partial charge in [-0.25, -0.2) is 0 Å². The van der Waals surface area contributed by atoms with Crippen molar-refractivity contribution in [1.82, 2.24) is 5.32 Å². The quantitative estimate of drug-likeness (QED) is 0.661. The van der Waals surface area contributed by atoms with Crippen molar-refractivity contribution in [1.29, 1.82) is 0 Å². The Labute approximate surface area is 120 Å². The van der Waals surface area contributed by atoms with E-state index in [0.717, 1.165) is 25.3 Å². The molecular formula is C13H15ClN2O4. The molecule has 1 aromatic rings. The smallest absolute Gasteiger partial charge is 0.270 e. The number of benzene rings is 1.